The Balaban J connectivity index is 1.69. The van der Waals surface area contributed by atoms with E-state index in [2.05, 4.69) is 28.6 Å². The van der Waals surface area contributed by atoms with Crippen LogP contribution in [0.15, 0.2) is 29.2 Å². The lowest BCUT2D eigenvalue weighted by molar-refractivity contribution is -0.122. The summed E-state index contributed by atoms with van der Waals surface area (Å²) in [7, 11) is 0. The molecular weight excluding hydrogens is 361 g/mol. The predicted molar refractivity (Wildman–Crippen MR) is 98.2 cm³/mol. The van der Waals surface area contributed by atoms with Crippen LogP contribution in [0.4, 0.5) is 0 Å². The van der Waals surface area contributed by atoms with Crippen molar-refractivity contribution in [3.63, 3.8) is 0 Å². The Morgan fingerprint density at radius 3 is 2.76 bits per heavy atom. The Morgan fingerprint density at radius 2 is 2.00 bits per heavy atom. The lowest BCUT2D eigenvalue weighted by Gasteiger charge is -2.20. The highest BCUT2D eigenvalue weighted by molar-refractivity contribution is 6.41. The van der Waals surface area contributed by atoms with Gasteiger partial charge in [0.25, 0.3) is 5.56 Å². The Labute approximate surface area is 155 Å². The van der Waals surface area contributed by atoms with Crippen LogP contribution in [0, 0.1) is 0 Å². The summed E-state index contributed by atoms with van der Waals surface area (Å²) in [5.74, 6) is -0.307. The Hall–Kier alpha value is -1.85. The average molecular weight is 380 g/mol. The van der Waals surface area contributed by atoms with Gasteiger partial charge in [-0.05, 0) is 49.3 Å². The van der Waals surface area contributed by atoms with Crippen LogP contribution in [0.1, 0.15) is 42.5 Å². The molecule has 1 unspecified atom stereocenters. The quantitative estimate of drug-likeness (QED) is 0.885. The number of nitrogens with one attached hydrogen (secondary N) is 1. The van der Waals surface area contributed by atoms with Crippen LogP contribution >= 0.6 is 23.2 Å². The van der Waals surface area contributed by atoms with Crippen molar-refractivity contribution in [3.05, 3.63) is 61.5 Å². The molecule has 0 radical (unpaired) electrons. The van der Waals surface area contributed by atoms with Gasteiger partial charge in [-0.1, -0.05) is 41.4 Å². The van der Waals surface area contributed by atoms with Gasteiger partial charge >= 0.3 is 0 Å². The van der Waals surface area contributed by atoms with E-state index in [1.165, 1.54) is 30.2 Å². The zero-order valence-electron chi connectivity index (χ0n) is 13.9. The molecule has 1 aliphatic carbocycles. The van der Waals surface area contributed by atoms with Gasteiger partial charge < -0.3 is 5.32 Å². The summed E-state index contributed by atoms with van der Waals surface area (Å²) in [6.07, 6.45) is 5.92. The van der Waals surface area contributed by atoms with Crippen molar-refractivity contribution in [2.75, 3.05) is 0 Å². The summed E-state index contributed by atoms with van der Waals surface area (Å²) < 4.78 is 1.00. The molecule has 0 fully saturated rings. The summed E-state index contributed by atoms with van der Waals surface area (Å²) in [5.41, 5.74) is 3.25. The van der Waals surface area contributed by atoms with Crippen LogP contribution in [0.5, 0.6) is 0 Å². The number of benzene rings is 1. The molecule has 25 heavy (non-hydrogen) atoms. The normalized spacial score (nSPS) is 14.7. The van der Waals surface area contributed by atoms with E-state index in [-0.39, 0.29) is 28.5 Å². The van der Waals surface area contributed by atoms with E-state index in [9.17, 15) is 9.59 Å². The minimum Gasteiger partial charge on any atom is -0.348 e. The fraction of sp³-hybridized carbons (Fsp3) is 0.389. The third-order valence-corrected chi connectivity index (χ3v) is 5.23. The zero-order chi connectivity index (χ0) is 18.0. The number of hydrogen-bond donors (Lipinski definition) is 1. The maximum absolute atomic E-state index is 12.2. The Morgan fingerprint density at radius 1 is 1.28 bits per heavy atom. The molecule has 2 aromatic rings. The van der Waals surface area contributed by atoms with Crippen molar-refractivity contribution in [2.45, 2.75) is 45.2 Å². The lowest BCUT2D eigenvalue weighted by atomic mass is 9.89. The minimum absolute atomic E-state index is 0.0748. The first kappa shape index (κ1) is 18.0. The third kappa shape index (κ3) is 4.05. The van der Waals surface area contributed by atoms with Crippen LogP contribution < -0.4 is 10.9 Å². The van der Waals surface area contributed by atoms with E-state index in [1.807, 2.05) is 6.92 Å². The van der Waals surface area contributed by atoms with E-state index < -0.39 is 5.56 Å². The molecule has 7 heteroatoms. The summed E-state index contributed by atoms with van der Waals surface area (Å²) in [6, 6.07) is 6.22. The second kappa shape index (κ2) is 7.58. The van der Waals surface area contributed by atoms with Gasteiger partial charge in [0.1, 0.15) is 11.6 Å². The van der Waals surface area contributed by atoms with Gasteiger partial charge in [0, 0.05) is 0 Å². The SMILES string of the molecule is CC(NC(=O)Cn1ncc(Cl)c(Cl)c1=O)c1ccc2c(c1)CCCC2. The van der Waals surface area contributed by atoms with Gasteiger partial charge in [-0.15, -0.1) is 0 Å². The molecule has 5 nitrogen and oxygen atoms in total. The molecule has 1 aromatic carbocycles. The van der Waals surface area contributed by atoms with Gasteiger partial charge in [-0.2, -0.15) is 5.10 Å². The highest BCUT2D eigenvalue weighted by atomic mass is 35.5. The van der Waals surface area contributed by atoms with Crippen molar-refractivity contribution in [1.82, 2.24) is 15.1 Å². The fourth-order valence-electron chi connectivity index (χ4n) is 3.09. The number of carbonyl (C=O) groups excluding carboxylic acids is 1. The molecule has 1 aromatic heterocycles. The van der Waals surface area contributed by atoms with Crippen LogP contribution in [0.2, 0.25) is 10.0 Å². The van der Waals surface area contributed by atoms with E-state index in [4.69, 9.17) is 23.2 Å². The summed E-state index contributed by atoms with van der Waals surface area (Å²) in [6.45, 7) is 1.72. The van der Waals surface area contributed by atoms with Gasteiger partial charge in [0.05, 0.1) is 17.3 Å². The maximum atomic E-state index is 12.2. The highest BCUT2D eigenvalue weighted by Gasteiger charge is 2.16. The number of carbonyl (C=O) groups is 1. The first-order chi connectivity index (χ1) is 12.0. The van der Waals surface area contributed by atoms with Crippen molar-refractivity contribution >= 4 is 29.1 Å². The largest absolute Gasteiger partial charge is 0.348 e. The van der Waals surface area contributed by atoms with Crippen LogP contribution in [0.25, 0.3) is 0 Å². The number of halogens is 2. The number of hydrogen-bond acceptors (Lipinski definition) is 3. The molecule has 0 bridgehead atoms. The fourth-order valence-corrected chi connectivity index (χ4v) is 3.36. The van der Waals surface area contributed by atoms with E-state index in [0.29, 0.717) is 0 Å². The van der Waals surface area contributed by atoms with E-state index in [0.717, 1.165) is 23.1 Å². The molecule has 0 aliphatic heterocycles. The summed E-state index contributed by atoms with van der Waals surface area (Å²) in [4.78, 5) is 24.2. The maximum Gasteiger partial charge on any atom is 0.287 e. The topological polar surface area (TPSA) is 64.0 Å². The standard InChI is InChI=1S/C18H19Cl2N3O2/c1-11(13-7-6-12-4-2-3-5-14(12)8-13)22-16(24)10-23-18(25)17(20)15(19)9-21-23/h6-9,11H,2-5,10H2,1H3,(H,22,24). The molecular formula is C18H19Cl2N3O2. The molecule has 3 rings (SSSR count). The van der Waals surface area contributed by atoms with Gasteiger partial charge in [0.15, 0.2) is 0 Å². The second-order valence-corrected chi connectivity index (χ2v) is 7.08. The van der Waals surface area contributed by atoms with Crippen molar-refractivity contribution in [1.29, 1.82) is 0 Å². The average Bonchev–Trinajstić information content (AvgIpc) is 2.61. The highest BCUT2D eigenvalue weighted by Crippen LogP contribution is 2.24. The van der Waals surface area contributed by atoms with E-state index >= 15 is 0 Å². The summed E-state index contributed by atoms with van der Waals surface area (Å²) in [5, 5.41) is 6.68. The number of amides is 1. The minimum atomic E-state index is -0.578. The molecule has 0 spiro atoms. The number of fused-ring (bicyclic) bond motifs is 1. The molecule has 0 saturated carbocycles. The molecule has 1 atom stereocenters. The van der Waals surface area contributed by atoms with Gasteiger partial charge in [0.2, 0.25) is 5.91 Å². The first-order valence-electron chi connectivity index (χ1n) is 8.28. The molecule has 1 amide bonds. The van der Waals surface area contributed by atoms with Crippen molar-refractivity contribution in [3.8, 4) is 0 Å². The van der Waals surface area contributed by atoms with Crippen molar-refractivity contribution < 1.29 is 4.79 Å². The lowest BCUT2D eigenvalue weighted by Crippen LogP contribution is -2.35. The first-order valence-corrected chi connectivity index (χ1v) is 9.03. The number of nitrogens with zero attached hydrogens (tertiary/aromatic N) is 2. The van der Waals surface area contributed by atoms with Crippen molar-refractivity contribution in [2.24, 2.45) is 0 Å². The molecule has 1 aliphatic rings. The van der Waals surface area contributed by atoms with Crippen LogP contribution in [-0.4, -0.2) is 15.7 Å². The van der Waals surface area contributed by atoms with Gasteiger partial charge in [-0.25, -0.2) is 4.68 Å². The number of rotatable bonds is 4. The van der Waals surface area contributed by atoms with Gasteiger partial charge in [-0.3, -0.25) is 9.59 Å². The third-order valence-electron chi connectivity index (χ3n) is 4.49. The smallest absolute Gasteiger partial charge is 0.287 e. The Kier molecular flexibility index (Phi) is 5.45. The van der Waals surface area contributed by atoms with Crippen LogP contribution in [-0.2, 0) is 24.2 Å². The number of aryl methyl sites for hydroxylation is 2. The van der Waals surface area contributed by atoms with Crippen LogP contribution in [0.3, 0.4) is 0 Å². The monoisotopic (exact) mass is 379 g/mol. The molecule has 132 valence electrons. The molecule has 1 heterocycles. The second-order valence-electron chi connectivity index (χ2n) is 6.29. The Bertz CT molecular complexity index is 864. The molecule has 1 N–H and O–H groups in total. The molecule has 0 saturated heterocycles. The van der Waals surface area contributed by atoms with E-state index in [1.54, 1.807) is 0 Å². The zero-order valence-corrected chi connectivity index (χ0v) is 15.4. The predicted octanol–water partition coefficient (Wildman–Crippen LogP) is 3.31. The summed E-state index contributed by atoms with van der Waals surface area (Å²) >= 11 is 11.5. The number of aromatic nitrogens is 2.